The van der Waals surface area contributed by atoms with Crippen LogP contribution >= 0.6 is 11.8 Å². The van der Waals surface area contributed by atoms with Crippen LogP contribution in [0.1, 0.15) is 29.8 Å². The monoisotopic (exact) mass is 183 g/mol. The number of H-pyrrole nitrogens is 1. The van der Waals surface area contributed by atoms with Gasteiger partial charge in [-0.25, -0.2) is 0 Å². The third-order valence-corrected chi connectivity index (χ3v) is 2.58. The molecule has 0 aliphatic heterocycles. The standard InChI is InChI=1S/C9H13NOS/c1-4-12-9-8(7(3)11)6(2)5-10-9/h5,10H,4H2,1-3H3. The number of hydrogen-bond acceptors (Lipinski definition) is 2. The first-order valence-corrected chi connectivity index (χ1v) is 4.97. The molecular weight excluding hydrogens is 170 g/mol. The third-order valence-electron chi connectivity index (χ3n) is 1.68. The number of nitrogens with one attached hydrogen (secondary N) is 1. The lowest BCUT2D eigenvalue weighted by Crippen LogP contribution is -1.94. The number of thioether (sulfide) groups is 1. The highest BCUT2D eigenvalue weighted by atomic mass is 32.2. The number of Topliss-reactive ketones (excluding diaryl/α,β-unsaturated/α-hetero) is 1. The molecule has 0 atom stereocenters. The van der Waals surface area contributed by atoms with Gasteiger partial charge in [0.1, 0.15) is 0 Å². The summed E-state index contributed by atoms with van der Waals surface area (Å²) in [7, 11) is 0. The Morgan fingerprint density at radius 1 is 1.67 bits per heavy atom. The number of aromatic nitrogens is 1. The van der Waals surface area contributed by atoms with Gasteiger partial charge < -0.3 is 4.98 Å². The topological polar surface area (TPSA) is 32.9 Å². The van der Waals surface area contributed by atoms with Crippen LogP contribution in [0.15, 0.2) is 11.2 Å². The Kier molecular flexibility index (Phi) is 2.98. The number of carbonyl (C=O) groups is 1. The van der Waals surface area contributed by atoms with E-state index >= 15 is 0 Å². The highest BCUT2D eigenvalue weighted by Crippen LogP contribution is 2.24. The Bertz CT molecular complexity index is 291. The summed E-state index contributed by atoms with van der Waals surface area (Å²) >= 11 is 1.67. The smallest absolute Gasteiger partial charge is 0.162 e. The van der Waals surface area contributed by atoms with Gasteiger partial charge in [0.15, 0.2) is 5.78 Å². The van der Waals surface area contributed by atoms with Crippen LogP contribution in [-0.2, 0) is 0 Å². The van der Waals surface area contributed by atoms with Crippen LogP contribution in [0.2, 0.25) is 0 Å². The fraction of sp³-hybridized carbons (Fsp3) is 0.444. The average Bonchev–Trinajstić information content (AvgIpc) is 2.32. The molecule has 1 aromatic heterocycles. The maximum Gasteiger partial charge on any atom is 0.162 e. The molecule has 1 rings (SSSR count). The van der Waals surface area contributed by atoms with Gasteiger partial charge in [0.25, 0.3) is 0 Å². The predicted octanol–water partition coefficient (Wildman–Crippen LogP) is 2.64. The van der Waals surface area contributed by atoms with Gasteiger partial charge >= 0.3 is 0 Å². The van der Waals surface area contributed by atoms with E-state index in [0.717, 1.165) is 21.9 Å². The number of ketones is 1. The van der Waals surface area contributed by atoms with Crippen LogP contribution in [0.25, 0.3) is 0 Å². The molecule has 0 aliphatic carbocycles. The molecule has 66 valence electrons. The summed E-state index contributed by atoms with van der Waals surface area (Å²) in [6, 6.07) is 0. The summed E-state index contributed by atoms with van der Waals surface area (Å²) in [6.45, 7) is 5.63. The predicted molar refractivity (Wildman–Crippen MR) is 51.9 cm³/mol. The maximum atomic E-state index is 11.2. The molecule has 0 aromatic carbocycles. The van der Waals surface area contributed by atoms with E-state index in [1.54, 1.807) is 18.7 Å². The van der Waals surface area contributed by atoms with Crippen LogP contribution in [-0.4, -0.2) is 16.5 Å². The fourth-order valence-corrected chi connectivity index (χ4v) is 2.07. The average molecular weight is 183 g/mol. The van der Waals surface area contributed by atoms with Crippen LogP contribution in [0.3, 0.4) is 0 Å². The van der Waals surface area contributed by atoms with Gasteiger partial charge in [0.05, 0.1) is 10.6 Å². The molecule has 1 N–H and O–H groups in total. The first kappa shape index (κ1) is 9.39. The van der Waals surface area contributed by atoms with Crippen molar-refractivity contribution in [3.8, 4) is 0 Å². The van der Waals surface area contributed by atoms with E-state index in [9.17, 15) is 4.79 Å². The summed E-state index contributed by atoms with van der Waals surface area (Å²) in [5.74, 6) is 1.13. The van der Waals surface area contributed by atoms with Gasteiger partial charge in [0, 0.05) is 6.20 Å². The Balaban J connectivity index is 3.04. The lowest BCUT2D eigenvalue weighted by molar-refractivity contribution is 0.101. The molecule has 0 spiro atoms. The minimum atomic E-state index is 0.143. The van der Waals surface area contributed by atoms with E-state index in [0.29, 0.717) is 0 Å². The van der Waals surface area contributed by atoms with E-state index in [-0.39, 0.29) is 5.78 Å². The van der Waals surface area contributed by atoms with Crippen molar-refractivity contribution in [1.29, 1.82) is 0 Å². The summed E-state index contributed by atoms with van der Waals surface area (Å²) in [6.07, 6.45) is 1.88. The second-order valence-corrected chi connectivity index (χ2v) is 3.94. The molecule has 0 radical (unpaired) electrons. The molecule has 2 nitrogen and oxygen atoms in total. The van der Waals surface area contributed by atoms with Crippen LogP contribution in [0.5, 0.6) is 0 Å². The first-order valence-electron chi connectivity index (χ1n) is 3.98. The largest absolute Gasteiger partial charge is 0.356 e. The van der Waals surface area contributed by atoms with E-state index in [1.165, 1.54) is 0 Å². The molecular formula is C9H13NOS. The molecule has 0 saturated carbocycles. The fourth-order valence-electron chi connectivity index (χ4n) is 1.19. The highest BCUT2D eigenvalue weighted by molar-refractivity contribution is 7.99. The normalized spacial score (nSPS) is 10.2. The van der Waals surface area contributed by atoms with Gasteiger partial charge in [-0.05, 0) is 25.2 Å². The van der Waals surface area contributed by atoms with Crippen molar-refractivity contribution in [2.75, 3.05) is 5.75 Å². The number of aromatic amines is 1. The summed E-state index contributed by atoms with van der Waals surface area (Å²) in [5.41, 5.74) is 1.89. The van der Waals surface area contributed by atoms with Crippen LogP contribution < -0.4 is 0 Å². The molecule has 0 amide bonds. The van der Waals surface area contributed by atoms with Crippen molar-refractivity contribution < 1.29 is 4.79 Å². The van der Waals surface area contributed by atoms with E-state index in [1.807, 2.05) is 13.1 Å². The maximum absolute atomic E-state index is 11.2. The third kappa shape index (κ3) is 1.72. The molecule has 0 aliphatic rings. The second-order valence-electron chi connectivity index (χ2n) is 2.67. The van der Waals surface area contributed by atoms with Crippen molar-refractivity contribution >= 4 is 17.5 Å². The van der Waals surface area contributed by atoms with Crippen LogP contribution in [0.4, 0.5) is 0 Å². The Morgan fingerprint density at radius 2 is 2.33 bits per heavy atom. The van der Waals surface area contributed by atoms with Crippen LogP contribution in [0, 0.1) is 6.92 Å². The minimum Gasteiger partial charge on any atom is -0.356 e. The van der Waals surface area contributed by atoms with E-state index in [4.69, 9.17) is 0 Å². The molecule has 0 unspecified atom stereocenters. The van der Waals surface area contributed by atoms with E-state index in [2.05, 4.69) is 11.9 Å². The Morgan fingerprint density at radius 3 is 2.83 bits per heavy atom. The number of carbonyl (C=O) groups excluding carboxylic acids is 1. The number of rotatable bonds is 3. The molecule has 0 saturated heterocycles. The Hall–Kier alpha value is -0.700. The second kappa shape index (κ2) is 3.81. The zero-order chi connectivity index (χ0) is 9.14. The van der Waals surface area contributed by atoms with Crippen molar-refractivity contribution in [2.45, 2.75) is 25.8 Å². The highest BCUT2D eigenvalue weighted by Gasteiger charge is 2.11. The quantitative estimate of drug-likeness (QED) is 0.577. The van der Waals surface area contributed by atoms with Gasteiger partial charge in [-0.15, -0.1) is 11.8 Å². The van der Waals surface area contributed by atoms with Crippen molar-refractivity contribution in [1.82, 2.24) is 4.98 Å². The van der Waals surface area contributed by atoms with Gasteiger partial charge in [-0.3, -0.25) is 4.79 Å². The van der Waals surface area contributed by atoms with Crippen molar-refractivity contribution in [3.63, 3.8) is 0 Å². The lowest BCUT2D eigenvalue weighted by atomic mass is 10.1. The molecule has 1 heterocycles. The first-order chi connectivity index (χ1) is 5.66. The molecule has 0 bridgehead atoms. The van der Waals surface area contributed by atoms with Gasteiger partial charge in [-0.2, -0.15) is 0 Å². The number of aryl methyl sites for hydroxylation is 1. The van der Waals surface area contributed by atoms with Crippen molar-refractivity contribution in [2.24, 2.45) is 0 Å². The SMILES string of the molecule is CCSc1[nH]cc(C)c1C(C)=O. The van der Waals surface area contributed by atoms with E-state index < -0.39 is 0 Å². The zero-order valence-electron chi connectivity index (χ0n) is 7.60. The molecule has 0 fully saturated rings. The molecule has 1 aromatic rings. The summed E-state index contributed by atoms with van der Waals surface area (Å²) in [5, 5.41) is 1.00. The number of hydrogen-bond donors (Lipinski definition) is 1. The van der Waals surface area contributed by atoms with Gasteiger partial charge in [-0.1, -0.05) is 6.92 Å². The Labute approximate surface area is 76.7 Å². The molecule has 3 heteroatoms. The molecule has 12 heavy (non-hydrogen) atoms. The lowest BCUT2D eigenvalue weighted by Gasteiger charge is -1.98. The summed E-state index contributed by atoms with van der Waals surface area (Å²) < 4.78 is 0. The summed E-state index contributed by atoms with van der Waals surface area (Å²) in [4.78, 5) is 14.3. The van der Waals surface area contributed by atoms with Crippen molar-refractivity contribution in [3.05, 3.63) is 17.3 Å². The zero-order valence-corrected chi connectivity index (χ0v) is 8.42. The van der Waals surface area contributed by atoms with Gasteiger partial charge in [0.2, 0.25) is 0 Å². The minimum absolute atomic E-state index is 0.143.